The number of thioether (sulfide) groups is 1. The summed E-state index contributed by atoms with van der Waals surface area (Å²) in [6.45, 7) is 3.81. The van der Waals surface area contributed by atoms with Gasteiger partial charge in [0.2, 0.25) is 5.91 Å². The van der Waals surface area contributed by atoms with E-state index in [1.165, 1.54) is 17.8 Å². The van der Waals surface area contributed by atoms with E-state index in [4.69, 9.17) is 11.6 Å². The highest BCUT2D eigenvalue weighted by Crippen LogP contribution is 2.21. The summed E-state index contributed by atoms with van der Waals surface area (Å²) >= 11 is 7.11. The van der Waals surface area contributed by atoms with Crippen LogP contribution in [0, 0.1) is 6.92 Å². The van der Waals surface area contributed by atoms with Gasteiger partial charge in [-0.15, -0.1) is 0 Å². The van der Waals surface area contributed by atoms with Crippen molar-refractivity contribution in [2.45, 2.75) is 25.4 Å². The molecule has 1 heterocycles. The zero-order valence-electron chi connectivity index (χ0n) is 12.3. The van der Waals surface area contributed by atoms with Crippen LogP contribution in [0.2, 0.25) is 5.02 Å². The third-order valence-electron chi connectivity index (χ3n) is 2.95. The molecule has 0 unspecified atom stereocenters. The molecule has 2 N–H and O–H groups in total. The van der Waals surface area contributed by atoms with Crippen LogP contribution >= 0.6 is 23.4 Å². The molecule has 22 heavy (non-hydrogen) atoms. The first-order valence-electron chi connectivity index (χ1n) is 6.77. The maximum absolute atomic E-state index is 12.0. The van der Waals surface area contributed by atoms with Crippen LogP contribution in [0.4, 0.5) is 5.69 Å². The van der Waals surface area contributed by atoms with Crippen molar-refractivity contribution in [1.82, 2.24) is 9.97 Å². The highest BCUT2D eigenvalue weighted by atomic mass is 35.5. The summed E-state index contributed by atoms with van der Waals surface area (Å²) in [4.78, 5) is 30.3. The van der Waals surface area contributed by atoms with E-state index >= 15 is 0 Å². The maximum atomic E-state index is 12.0. The number of aromatic amines is 1. The SMILES string of the molecule is CCc1cc(=O)[nH]c(SCC(=O)Nc2cc(Cl)ccc2C)n1. The fraction of sp³-hybridized carbons (Fsp3) is 0.267. The number of benzene rings is 1. The van der Waals surface area contributed by atoms with E-state index in [1.54, 1.807) is 12.1 Å². The van der Waals surface area contributed by atoms with Gasteiger partial charge in [0, 0.05) is 22.5 Å². The van der Waals surface area contributed by atoms with Crippen LogP contribution in [0.3, 0.4) is 0 Å². The predicted octanol–water partition coefficient (Wildman–Crippen LogP) is 3.02. The van der Waals surface area contributed by atoms with Gasteiger partial charge in [0.15, 0.2) is 5.16 Å². The number of nitrogens with zero attached hydrogens (tertiary/aromatic N) is 1. The van der Waals surface area contributed by atoms with E-state index in [0.717, 1.165) is 5.56 Å². The summed E-state index contributed by atoms with van der Waals surface area (Å²) in [5.41, 5.74) is 2.11. The maximum Gasteiger partial charge on any atom is 0.251 e. The minimum absolute atomic E-state index is 0.155. The van der Waals surface area contributed by atoms with Gasteiger partial charge in [-0.2, -0.15) is 0 Å². The molecule has 0 atom stereocenters. The van der Waals surface area contributed by atoms with Crippen molar-refractivity contribution in [1.29, 1.82) is 0 Å². The molecule has 2 aromatic rings. The van der Waals surface area contributed by atoms with E-state index in [1.807, 2.05) is 19.9 Å². The summed E-state index contributed by atoms with van der Waals surface area (Å²) < 4.78 is 0. The Morgan fingerprint density at radius 3 is 2.91 bits per heavy atom. The number of amides is 1. The van der Waals surface area contributed by atoms with Crippen molar-refractivity contribution in [3.63, 3.8) is 0 Å². The van der Waals surface area contributed by atoms with Crippen molar-refractivity contribution in [2.75, 3.05) is 11.1 Å². The number of aromatic nitrogens is 2. The van der Waals surface area contributed by atoms with Crippen molar-refractivity contribution in [3.05, 3.63) is 50.9 Å². The smallest absolute Gasteiger partial charge is 0.251 e. The Kier molecular flexibility index (Phi) is 5.63. The number of halogens is 1. The van der Waals surface area contributed by atoms with Gasteiger partial charge in [-0.1, -0.05) is 36.4 Å². The highest BCUT2D eigenvalue weighted by Gasteiger charge is 2.08. The molecule has 2 rings (SSSR count). The quantitative estimate of drug-likeness (QED) is 0.649. The number of aryl methyl sites for hydroxylation is 2. The molecule has 1 amide bonds. The van der Waals surface area contributed by atoms with Crippen LogP contribution in [0.15, 0.2) is 34.2 Å². The fourth-order valence-electron chi connectivity index (χ4n) is 1.78. The Labute approximate surface area is 137 Å². The Bertz CT molecular complexity index is 746. The topological polar surface area (TPSA) is 74.8 Å². The summed E-state index contributed by atoms with van der Waals surface area (Å²) in [5, 5.41) is 3.81. The monoisotopic (exact) mass is 337 g/mol. The Hall–Kier alpha value is -1.79. The lowest BCUT2D eigenvalue weighted by atomic mass is 10.2. The van der Waals surface area contributed by atoms with Gasteiger partial charge in [0.05, 0.1) is 5.75 Å². The van der Waals surface area contributed by atoms with Gasteiger partial charge < -0.3 is 10.3 Å². The first-order valence-corrected chi connectivity index (χ1v) is 8.13. The molecule has 5 nitrogen and oxygen atoms in total. The molecule has 0 aliphatic carbocycles. The van der Waals surface area contributed by atoms with Gasteiger partial charge in [-0.25, -0.2) is 4.98 Å². The normalized spacial score (nSPS) is 10.5. The van der Waals surface area contributed by atoms with Crippen molar-refractivity contribution in [2.24, 2.45) is 0 Å². The summed E-state index contributed by atoms with van der Waals surface area (Å²) in [5.74, 6) is -0.0258. The predicted molar refractivity (Wildman–Crippen MR) is 89.8 cm³/mol. The minimum Gasteiger partial charge on any atom is -0.325 e. The Balaban J connectivity index is 2.00. The standard InChI is InChI=1S/C15H16ClN3O2S/c1-3-11-7-13(20)19-15(17-11)22-8-14(21)18-12-6-10(16)5-4-9(12)2/h4-7H,3,8H2,1-2H3,(H,18,21)(H,17,19,20). The van der Waals surface area contributed by atoms with Gasteiger partial charge in [0.1, 0.15) is 0 Å². The third-order valence-corrected chi connectivity index (χ3v) is 4.06. The van der Waals surface area contributed by atoms with E-state index in [0.29, 0.717) is 28.0 Å². The van der Waals surface area contributed by atoms with Crippen LogP contribution in [0.25, 0.3) is 0 Å². The van der Waals surface area contributed by atoms with Crippen molar-refractivity contribution in [3.8, 4) is 0 Å². The number of hydrogen-bond acceptors (Lipinski definition) is 4. The van der Waals surface area contributed by atoms with Crippen LogP contribution in [0.5, 0.6) is 0 Å². The molecule has 0 saturated heterocycles. The lowest BCUT2D eigenvalue weighted by molar-refractivity contribution is -0.113. The summed E-state index contributed by atoms with van der Waals surface area (Å²) in [7, 11) is 0. The van der Waals surface area contributed by atoms with Gasteiger partial charge in [0.25, 0.3) is 5.56 Å². The number of carbonyl (C=O) groups is 1. The average Bonchev–Trinajstić information content (AvgIpc) is 2.48. The first-order chi connectivity index (χ1) is 10.5. The van der Waals surface area contributed by atoms with Gasteiger partial charge >= 0.3 is 0 Å². The number of rotatable bonds is 5. The number of H-pyrrole nitrogens is 1. The molecule has 0 radical (unpaired) electrons. The van der Waals surface area contributed by atoms with Crippen LogP contribution < -0.4 is 10.9 Å². The number of hydrogen-bond donors (Lipinski definition) is 2. The third kappa shape index (κ3) is 4.61. The molecular weight excluding hydrogens is 322 g/mol. The average molecular weight is 338 g/mol. The molecule has 0 spiro atoms. The van der Waals surface area contributed by atoms with Crippen LogP contribution in [-0.4, -0.2) is 21.6 Å². The molecule has 0 aliphatic heterocycles. The largest absolute Gasteiger partial charge is 0.325 e. The van der Waals surface area contributed by atoms with Crippen LogP contribution in [-0.2, 0) is 11.2 Å². The number of carbonyl (C=O) groups excluding carboxylic acids is 1. The van der Waals surface area contributed by atoms with E-state index in [9.17, 15) is 9.59 Å². The first kappa shape index (κ1) is 16.6. The lowest BCUT2D eigenvalue weighted by Gasteiger charge is -2.08. The second-order valence-corrected chi connectivity index (χ2v) is 6.09. The second-order valence-electron chi connectivity index (χ2n) is 4.69. The Morgan fingerprint density at radius 2 is 2.18 bits per heavy atom. The molecule has 1 aromatic carbocycles. The minimum atomic E-state index is -0.208. The van der Waals surface area contributed by atoms with Crippen molar-refractivity contribution >= 4 is 35.0 Å². The second kappa shape index (κ2) is 7.47. The zero-order valence-corrected chi connectivity index (χ0v) is 13.8. The highest BCUT2D eigenvalue weighted by molar-refractivity contribution is 7.99. The zero-order chi connectivity index (χ0) is 16.1. The molecule has 0 bridgehead atoms. The molecule has 116 valence electrons. The number of nitrogens with one attached hydrogen (secondary N) is 2. The molecule has 0 saturated carbocycles. The Morgan fingerprint density at radius 1 is 1.41 bits per heavy atom. The molecule has 7 heteroatoms. The molecule has 0 fully saturated rings. The fourth-order valence-corrected chi connectivity index (χ4v) is 2.65. The van der Waals surface area contributed by atoms with Gasteiger partial charge in [-0.05, 0) is 31.0 Å². The summed E-state index contributed by atoms with van der Waals surface area (Å²) in [6.07, 6.45) is 0.672. The lowest BCUT2D eigenvalue weighted by Crippen LogP contribution is -2.16. The van der Waals surface area contributed by atoms with E-state index in [2.05, 4.69) is 15.3 Å². The number of anilines is 1. The van der Waals surface area contributed by atoms with E-state index < -0.39 is 0 Å². The molecule has 0 aliphatic rings. The molecule has 1 aromatic heterocycles. The van der Waals surface area contributed by atoms with E-state index in [-0.39, 0.29) is 17.2 Å². The molecular formula is C15H16ClN3O2S. The van der Waals surface area contributed by atoms with Gasteiger partial charge in [-0.3, -0.25) is 9.59 Å². The summed E-state index contributed by atoms with van der Waals surface area (Å²) in [6, 6.07) is 6.78. The van der Waals surface area contributed by atoms with Crippen LogP contribution in [0.1, 0.15) is 18.2 Å². The van der Waals surface area contributed by atoms with Crippen molar-refractivity contribution < 1.29 is 4.79 Å².